The zero-order valence-corrected chi connectivity index (χ0v) is 11.4. The van der Waals surface area contributed by atoms with Gasteiger partial charge >= 0.3 is 0 Å². The van der Waals surface area contributed by atoms with Gasteiger partial charge in [-0.25, -0.2) is 4.68 Å². The molecule has 1 N–H and O–H groups in total. The van der Waals surface area contributed by atoms with Gasteiger partial charge in [0, 0.05) is 30.6 Å². The molecule has 2 aromatic heterocycles. The van der Waals surface area contributed by atoms with Gasteiger partial charge in [-0.05, 0) is 12.1 Å². The fourth-order valence-corrected chi connectivity index (χ4v) is 2.16. The lowest BCUT2D eigenvalue weighted by Gasteiger charge is -2.02. The third kappa shape index (κ3) is 2.29. The van der Waals surface area contributed by atoms with Crippen molar-refractivity contribution in [1.29, 1.82) is 0 Å². The molecule has 3 rings (SSSR count). The second kappa shape index (κ2) is 5.20. The molecule has 0 atom stereocenters. The van der Waals surface area contributed by atoms with Gasteiger partial charge < -0.3 is 5.11 Å². The first kappa shape index (κ1) is 13.1. The van der Waals surface area contributed by atoms with Crippen LogP contribution in [0.3, 0.4) is 0 Å². The zero-order chi connectivity index (χ0) is 14.8. The quantitative estimate of drug-likeness (QED) is 0.748. The lowest BCUT2D eigenvalue weighted by atomic mass is 10.0. The summed E-state index contributed by atoms with van der Waals surface area (Å²) < 4.78 is 1.30. The van der Waals surface area contributed by atoms with E-state index < -0.39 is 0 Å². The highest BCUT2D eigenvalue weighted by Gasteiger charge is 2.24. The van der Waals surface area contributed by atoms with Crippen molar-refractivity contribution in [3.8, 4) is 17.1 Å². The summed E-state index contributed by atoms with van der Waals surface area (Å²) in [5, 5.41) is 14.4. The van der Waals surface area contributed by atoms with E-state index in [0.29, 0.717) is 11.3 Å². The molecule has 21 heavy (non-hydrogen) atoms. The van der Waals surface area contributed by atoms with Crippen molar-refractivity contribution < 1.29 is 9.90 Å². The maximum atomic E-state index is 12.6. The smallest absolute Gasteiger partial charge is 0.221 e. The first-order valence-electron chi connectivity index (χ1n) is 6.44. The SMILES string of the molecule is Cn1nc(-c2ccccc2)c(C(=O)c2cccnc2)c1O. The Hall–Kier alpha value is -2.95. The topological polar surface area (TPSA) is 68.0 Å². The Bertz CT molecular complexity index is 780. The van der Waals surface area contributed by atoms with Crippen LogP contribution in [-0.4, -0.2) is 25.7 Å². The minimum absolute atomic E-state index is 0.150. The lowest BCUT2D eigenvalue weighted by molar-refractivity contribution is 0.103. The van der Waals surface area contributed by atoms with Crippen molar-refractivity contribution in [3.63, 3.8) is 0 Å². The van der Waals surface area contributed by atoms with E-state index in [1.54, 1.807) is 25.4 Å². The Balaban J connectivity index is 2.17. The molecule has 0 unspecified atom stereocenters. The highest BCUT2D eigenvalue weighted by molar-refractivity contribution is 6.13. The van der Waals surface area contributed by atoms with Crippen molar-refractivity contribution in [2.75, 3.05) is 0 Å². The van der Waals surface area contributed by atoms with E-state index in [2.05, 4.69) is 10.1 Å². The summed E-state index contributed by atoms with van der Waals surface area (Å²) in [5.74, 6) is -0.449. The molecule has 0 spiro atoms. The van der Waals surface area contributed by atoms with E-state index in [0.717, 1.165) is 5.56 Å². The molecule has 104 valence electrons. The Morgan fingerprint density at radius 1 is 1.14 bits per heavy atom. The van der Waals surface area contributed by atoms with Gasteiger partial charge in [-0.3, -0.25) is 9.78 Å². The molecule has 0 radical (unpaired) electrons. The molecule has 2 heterocycles. The minimum Gasteiger partial charge on any atom is -0.493 e. The minimum atomic E-state index is -0.299. The van der Waals surface area contributed by atoms with Crippen molar-refractivity contribution in [2.45, 2.75) is 0 Å². The number of nitrogens with zero attached hydrogens (tertiary/aromatic N) is 3. The standard InChI is InChI=1S/C16H13N3O2/c1-19-16(21)13(15(20)12-8-5-9-17-10-12)14(18-19)11-6-3-2-4-7-11/h2-10,21H,1H3. The number of carbonyl (C=O) groups is 1. The van der Waals surface area contributed by atoms with Gasteiger partial charge in [-0.2, -0.15) is 5.10 Å². The molecule has 0 fully saturated rings. The van der Waals surface area contributed by atoms with E-state index in [9.17, 15) is 9.90 Å². The molecule has 0 aliphatic carbocycles. The summed E-state index contributed by atoms with van der Waals surface area (Å²) in [4.78, 5) is 16.6. The molecular weight excluding hydrogens is 266 g/mol. The van der Waals surface area contributed by atoms with Crippen LogP contribution in [0.15, 0.2) is 54.9 Å². The second-order valence-corrected chi connectivity index (χ2v) is 4.61. The molecule has 0 bridgehead atoms. The van der Waals surface area contributed by atoms with Gasteiger partial charge in [0.15, 0.2) is 0 Å². The summed E-state index contributed by atoms with van der Waals surface area (Å²) in [6, 6.07) is 12.6. The number of hydrogen-bond donors (Lipinski definition) is 1. The van der Waals surface area contributed by atoms with Gasteiger partial charge in [-0.1, -0.05) is 30.3 Å². The van der Waals surface area contributed by atoms with Crippen LogP contribution in [0.2, 0.25) is 0 Å². The van der Waals surface area contributed by atoms with E-state index in [4.69, 9.17) is 0 Å². The molecule has 1 aromatic carbocycles. The number of aryl methyl sites for hydroxylation is 1. The van der Waals surface area contributed by atoms with Gasteiger partial charge in [0.1, 0.15) is 11.3 Å². The van der Waals surface area contributed by atoms with Gasteiger partial charge in [0.2, 0.25) is 11.7 Å². The molecule has 3 aromatic rings. The van der Waals surface area contributed by atoms with Crippen molar-refractivity contribution >= 4 is 5.78 Å². The number of benzene rings is 1. The molecular formula is C16H13N3O2. The maximum Gasteiger partial charge on any atom is 0.221 e. The average molecular weight is 279 g/mol. The maximum absolute atomic E-state index is 12.6. The molecule has 0 saturated carbocycles. The van der Waals surface area contributed by atoms with Crippen molar-refractivity contribution in [1.82, 2.24) is 14.8 Å². The summed E-state index contributed by atoms with van der Waals surface area (Å²) in [7, 11) is 1.60. The van der Waals surface area contributed by atoms with Crippen molar-refractivity contribution in [3.05, 3.63) is 66.0 Å². The van der Waals surface area contributed by atoms with E-state index in [1.807, 2.05) is 30.3 Å². The van der Waals surface area contributed by atoms with E-state index >= 15 is 0 Å². The lowest BCUT2D eigenvalue weighted by Crippen LogP contribution is -2.03. The first-order chi connectivity index (χ1) is 10.2. The van der Waals surface area contributed by atoms with E-state index in [1.165, 1.54) is 10.9 Å². The monoisotopic (exact) mass is 279 g/mol. The number of ketones is 1. The average Bonchev–Trinajstić information content (AvgIpc) is 2.84. The number of aromatic hydroxyl groups is 1. The number of hydrogen-bond acceptors (Lipinski definition) is 4. The Morgan fingerprint density at radius 3 is 2.57 bits per heavy atom. The Kier molecular flexibility index (Phi) is 3.23. The van der Waals surface area contributed by atoms with Gasteiger partial charge in [0.25, 0.3) is 0 Å². The van der Waals surface area contributed by atoms with Gasteiger partial charge in [0.05, 0.1) is 0 Å². The molecule has 0 aliphatic rings. The summed E-state index contributed by atoms with van der Waals surface area (Å²) in [5.41, 5.74) is 1.85. The first-order valence-corrected chi connectivity index (χ1v) is 6.44. The van der Waals surface area contributed by atoms with Crippen LogP contribution < -0.4 is 0 Å². The van der Waals surface area contributed by atoms with Crippen LogP contribution in [0, 0.1) is 0 Å². The van der Waals surface area contributed by atoms with Crippen LogP contribution >= 0.6 is 0 Å². The van der Waals surface area contributed by atoms with E-state index in [-0.39, 0.29) is 17.2 Å². The number of aromatic nitrogens is 3. The molecule has 0 amide bonds. The van der Waals surface area contributed by atoms with Crippen LogP contribution in [-0.2, 0) is 7.05 Å². The number of rotatable bonds is 3. The van der Waals surface area contributed by atoms with Crippen LogP contribution in [0.25, 0.3) is 11.3 Å². The molecule has 5 heteroatoms. The predicted molar refractivity (Wildman–Crippen MR) is 78.0 cm³/mol. The van der Waals surface area contributed by atoms with Crippen LogP contribution in [0.4, 0.5) is 0 Å². The second-order valence-electron chi connectivity index (χ2n) is 4.61. The number of carbonyl (C=O) groups excluding carboxylic acids is 1. The predicted octanol–water partition coefficient (Wildman–Crippen LogP) is 2.42. The Morgan fingerprint density at radius 2 is 1.90 bits per heavy atom. The van der Waals surface area contributed by atoms with Crippen molar-refractivity contribution in [2.24, 2.45) is 7.05 Å². The Labute approximate surface area is 121 Å². The zero-order valence-electron chi connectivity index (χ0n) is 11.4. The highest BCUT2D eigenvalue weighted by Crippen LogP contribution is 2.30. The fourth-order valence-electron chi connectivity index (χ4n) is 2.16. The summed E-state index contributed by atoms with van der Waals surface area (Å²) in [6.07, 6.45) is 3.07. The molecule has 0 aliphatic heterocycles. The third-order valence-electron chi connectivity index (χ3n) is 3.21. The molecule has 0 saturated heterocycles. The largest absolute Gasteiger partial charge is 0.493 e. The van der Waals surface area contributed by atoms with Gasteiger partial charge in [-0.15, -0.1) is 0 Å². The fraction of sp³-hybridized carbons (Fsp3) is 0.0625. The summed E-state index contributed by atoms with van der Waals surface area (Å²) in [6.45, 7) is 0. The number of pyridine rings is 1. The molecule has 5 nitrogen and oxygen atoms in total. The normalized spacial score (nSPS) is 10.5. The van der Waals surface area contributed by atoms with Crippen LogP contribution in [0.5, 0.6) is 5.88 Å². The highest BCUT2D eigenvalue weighted by atomic mass is 16.3. The summed E-state index contributed by atoms with van der Waals surface area (Å²) >= 11 is 0. The van der Waals surface area contributed by atoms with Crippen LogP contribution in [0.1, 0.15) is 15.9 Å². The third-order valence-corrected chi connectivity index (χ3v) is 3.21.